The molecule has 6 nitrogen and oxygen atoms in total. The van der Waals surface area contributed by atoms with E-state index < -0.39 is 0 Å². The zero-order valence-electron chi connectivity index (χ0n) is 16.3. The van der Waals surface area contributed by atoms with E-state index in [-0.39, 0.29) is 11.9 Å². The van der Waals surface area contributed by atoms with Gasteiger partial charge < -0.3 is 14.7 Å². The lowest BCUT2D eigenvalue weighted by atomic mass is 9.89. The van der Waals surface area contributed by atoms with Crippen molar-refractivity contribution in [2.75, 3.05) is 20.2 Å². The van der Waals surface area contributed by atoms with Gasteiger partial charge in [-0.1, -0.05) is 25.2 Å². The molecule has 1 aliphatic heterocycles. The topological polar surface area (TPSA) is 64.1 Å². The average molecular weight is 388 g/mol. The van der Waals surface area contributed by atoms with Gasteiger partial charge in [0.2, 0.25) is 10.8 Å². The highest BCUT2D eigenvalue weighted by Crippen LogP contribution is 2.36. The van der Waals surface area contributed by atoms with Gasteiger partial charge in [-0.15, -0.1) is 5.10 Å². The van der Waals surface area contributed by atoms with Crippen LogP contribution in [0.2, 0.25) is 0 Å². The van der Waals surface area contributed by atoms with Gasteiger partial charge in [-0.2, -0.15) is 4.52 Å². The van der Waals surface area contributed by atoms with Crippen LogP contribution in [0.15, 0.2) is 24.3 Å². The number of aryl methyl sites for hydroxylation is 1. The predicted molar refractivity (Wildman–Crippen MR) is 106 cm³/mol. The van der Waals surface area contributed by atoms with Crippen LogP contribution in [0.1, 0.15) is 42.6 Å². The second kappa shape index (κ2) is 7.13. The Morgan fingerprint density at radius 3 is 2.48 bits per heavy atom. The Bertz CT molecular complexity index is 924. The van der Waals surface area contributed by atoms with Gasteiger partial charge in [0.05, 0.1) is 20.2 Å². The first-order valence-electron chi connectivity index (χ1n) is 9.49. The van der Waals surface area contributed by atoms with Gasteiger partial charge in [-0.05, 0) is 37.6 Å². The largest absolute Gasteiger partial charge is 0.497 e. The maximum atomic E-state index is 10.9. The van der Waals surface area contributed by atoms with E-state index in [0.29, 0.717) is 17.7 Å². The molecule has 3 atom stereocenters. The molecule has 7 heteroatoms. The van der Waals surface area contributed by atoms with Crippen LogP contribution in [0.5, 0.6) is 11.6 Å². The Kier molecular flexibility index (Phi) is 4.82. The Morgan fingerprint density at radius 2 is 1.89 bits per heavy atom. The van der Waals surface area contributed by atoms with Crippen LogP contribution in [0, 0.1) is 18.8 Å². The van der Waals surface area contributed by atoms with Crippen molar-refractivity contribution in [2.24, 2.45) is 11.8 Å². The van der Waals surface area contributed by atoms with Crippen molar-refractivity contribution >= 4 is 16.3 Å². The van der Waals surface area contributed by atoms with E-state index in [1.165, 1.54) is 16.9 Å². The number of aromatic hydroxyl groups is 1. The number of fused-ring (bicyclic) bond motifs is 1. The third-order valence-electron chi connectivity index (χ3n) is 5.45. The van der Waals surface area contributed by atoms with Gasteiger partial charge in [-0.3, -0.25) is 0 Å². The van der Waals surface area contributed by atoms with Crippen molar-refractivity contribution in [3.8, 4) is 11.6 Å². The van der Waals surface area contributed by atoms with E-state index in [0.717, 1.165) is 28.7 Å². The van der Waals surface area contributed by atoms with Gasteiger partial charge in [0.25, 0.3) is 0 Å². The number of aromatic nitrogens is 3. The van der Waals surface area contributed by atoms with E-state index in [1.54, 1.807) is 23.0 Å². The molecule has 2 N–H and O–H groups in total. The van der Waals surface area contributed by atoms with Crippen LogP contribution >= 0.6 is 11.3 Å². The molecule has 27 heavy (non-hydrogen) atoms. The number of nitrogens with zero attached hydrogens (tertiary/aromatic N) is 3. The van der Waals surface area contributed by atoms with Crippen LogP contribution in [-0.4, -0.2) is 39.9 Å². The summed E-state index contributed by atoms with van der Waals surface area (Å²) in [6.45, 7) is 8.68. The normalized spacial score (nSPS) is 24.2. The third-order valence-corrected chi connectivity index (χ3v) is 6.54. The summed E-state index contributed by atoms with van der Waals surface area (Å²) in [5.41, 5.74) is 1.18. The van der Waals surface area contributed by atoms with Crippen molar-refractivity contribution in [2.45, 2.75) is 33.2 Å². The molecule has 4 rings (SSSR count). The number of quaternary nitrogens is 1. The van der Waals surface area contributed by atoms with Crippen molar-refractivity contribution in [1.82, 2.24) is 14.6 Å². The number of benzene rings is 1. The van der Waals surface area contributed by atoms with E-state index in [2.05, 4.69) is 36.1 Å². The Hall–Kier alpha value is -2.12. The molecule has 1 aromatic carbocycles. The fraction of sp³-hybridized carbons (Fsp3) is 0.500. The zero-order valence-corrected chi connectivity index (χ0v) is 17.1. The summed E-state index contributed by atoms with van der Waals surface area (Å²) in [7, 11) is 1.68. The highest BCUT2D eigenvalue weighted by Gasteiger charge is 2.37. The molecule has 0 radical (unpaired) electrons. The van der Waals surface area contributed by atoms with E-state index in [9.17, 15) is 5.11 Å². The molecule has 0 saturated carbocycles. The minimum Gasteiger partial charge on any atom is -0.497 e. The molecule has 1 aliphatic rings. The quantitative estimate of drug-likeness (QED) is 0.722. The summed E-state index contributed by atoms with van der Waals surface area (Å²) >= 11 is 1.54. The van der Waals surface area contributed by atoms with Gasteiger partial charge >= 0.3 is 0 Å². The van der Waals surface area contributed by atoms with E-state index >= 15 is 0 Å². The second-order valence-electron chi connectivity index (χ2n) is 7.86. The Balaban J connectivity index is 1.80. The zero-order chi connectivity index (χ0) is 19.1. The van der Waals surface area contributed by atoms with Crippen molar-refractivity contribution in [3.63, 3.8) is 0 Å². The minimum atomic E-state index is 0.0647. The molecule has 2 aromatic heterocycles. The molecule has 1 fully saturated rings. The van der Waals surface area contributed by atoms with Gasteiger partial charge in [0.1, 0.15) is 16.5 Å². The first-order chi connectivity index (χ1) is 13.0. The van der Waals surface area contributed by atoms with Crippen molar-refractivity contribution in [3.05, 3.63) is 40.5 Å². The highest BCUT2D eigenvalue weighted by molar-refractivity contribution is 7.17. The van der Waals surface area contributed by atoms with Crippen molar-refractivity contribution in [1.29, 1.82) is 0 Å². The Labute approximate surface area is 163 Å². The average Bonchev–Trinajstić information content (AvgIpc) is 3.13. The van der Waals surface area contributed by atoms with Crippen LogP contribution in [0.4, 0.5) is 0 Å². The number of nitrogens with one attached hydrogen (secondary N) is 1. The van der Waals surface area contributed by atoms with Crippen LogP contribution in [0.25, 0.3) is 4.96 Å². The molecular formula is C20H27N4O2S+. The fourth-order valence-electron chi connectivity index (χ4n) is 4.47. The molecule has 1 saturated heterocycles. The fourth-order valence-corrected chi connectivity index (χ4v) is 5.66. The van der Waals surface area contributed by atoms with Crippen LogP contribution < -0.4 is 9.64 Å². The number of likely N-dealkylation sites (tertiary alicyclic amines) is 1. The SMILES string of the molecule is COc1ccc([C@@H](c2sc3nc(C)nn3c2O)[NH+]2C[C@@H](C)C[C@H](C)C2)cc1. The number of ether oxygens (including phenoxy) is 1. The highest BCUT2D eigenvalue weighted by atomic mass is 32.1. The monoisotopic (exact) mass is 387 g/mol. The maximum Gasteiger partial charge on any atom is 0.235 e. The predicted octanol–water partition coefficient (Wildman–Crippen LogP) is 2.46. The summed E-state index contributed by atoms with van der Waals surface area (Å²) in [6.07, 6.45) is 1.26. The lowest BCUT2D eigenvalue weighted by Crippen LogP contribution is -3.14. The van der Waals surface area contributed by atoms with Gasteiger partial charge in [0, 0.05) is 17.4 Å². The summed E-state index contributed by atoms with van der Waals surface area (Å²) in [5, 5.41) is 15.3. The van der Waals surface area contributed by atoms with Crippen molar-refractivity contribution < 1.29 is 14.7 Å². The molecule has 0 unspecified atom stereocenters. The number of rotatable bonds is 4. The Morgan fingerprint density at radius 1 is 1.22 bits per heavy atom. The molecule has 144 valence electrons. The number of hydrogen-bond acceptors (Lipinski definition) is 5. The lowest BCUT2D eigenvalue weighted by Gasteiger charge is -2.37. The van der Waals surface area contributed by atoms with Crippen LogP contribution in [0.3, 0.4) is 0 Å². The maximum absolute atomic E-state index is 10.9. The summed E-state index contributed by atoms with van der Waals surface area (Å²) in [5.74, 6) is 3.06. The molecule has 3 heterocycles. The molecule has 3 aromatic rings. The summed E-state index contributed by atoms with van der Waals surface area (Å²) < 4.78 is 6.90. The standard InChI is InChI=1S/C20H26N4O2S/c1-12-9-13(2)11-23(10-12)17(15-5-7-16(26-4)8-6-15)18-19(25)24-20(27-18)21-14(3)22-24/h5-8,12-13,17,25H,9-11H2,1-4H3/p+1/t12-,13-,17-/m0/s1. The number of piperidine rings is 1. The molecule has 0 spiro atoms. The number of hydrogen-bond donors (Lipinski definition) is 2. The first kappa shape index (κ1) is 18.3. The van der Waals surface area contributed by atoms with E-state index in [4.69, 9.17) is 4.74 Å². The number of thiazole rings is 1. The summed E-state index contributed by atoms with van der Waals surface area (Å²) in [4.78, 5) is 7.63. The third kappa shape index (κ3) is 3.41. The molecular weight excluding hydrogens is 360 g/mol. The van der Waals surface area contributed by atoms with Gasteiger partial charge in [0.15, 0.2) is 6.04 Å². The molecule has 0 bridgehead atoms. The number of methoxy groups -OCH3 is 1. The molecule has 0 amide bonds. The van der Waals surface area contributed by atoms with Gasteiger partial charge in [-0.25, -0.2) is 4.98 Å². The lowest BCUT2D eigenvalue weighted by molar-refractivity contribution is -0.936. The second-order valence-corrected chi connectivity index (χ2v) is 8.87. The van der Waals surface area contributed by atoms with Crippen LogP contribution in [-0.2, 0) is 0 Å². The molecule has 0 aliphatic carbocycles. The minimum absolute atomic E-state index is 0.0647. The summed E-state index contributed by atoms with van der Waals surface area (Å²) in [6, 6.07) is 8.28. The van der Waals surface area contributed by atoms with E-state index in [1.807, 2.05) is 19.1 Å². The first-order valence-corrected chi connectivity index (χ1v) is 10.3. The smallest absolute Gasteiger partial charge is 0.235 e.